The number of hydrogen-bond donors (Lipinski definition) is 1. The highest BCUT2D eigenvalue weighted by molar-refractivity contribution is 5.69. The van der Waals surface area contributed by atoms with E-state index >= 15 is 0 Å². The standard InChI is InChI=1S/C14H24O4/c1-3-12-8-10-6-5-7-11(14(10,16)18-12)9-13(15)17-4-2/h10-12,16H,3-9H2,1-2H3. The van der Waals surface area contributed by atoms with Crippen LogP contribution in [0.3, 0.4) is 0 Å². The first-order valence-electron chi connectivity index (χ1n) is 7.15. The van der Waals surface area contributed by atoms with E-state index in [9.17, 15) is 9.90 Å². The van der Waals surface area contributed by atoms with Crippen molar-refractivity contribution in [2.75, 3.05) is 6.61 Å². The van der Waals surface area contributed by atoms with Gasteiger partial charge in [-0.25, -0.2) is 0 Å². The normalized spacial score (nSPS) is 39.4. The quantitative estimate of drug-likeness (QED) is 0.784. The number of hydrogen-bond acceptors (Lipinski definition) is 4. The molecule has 4 atom stereocenters. The van der Waals surface area contributed by atoms with Gasteiger partial charge in [-0.2, -0.15) is 0 Å². The Morgan fingerprint density at radius 3 is 2.89 bits per heavy atom. The molecule has 4 unspecified atom stereocenters. The minimum absolute atomic E-state index is 0.105. The van der Waals surface area contributed by atoms with Crippen molar-refractivity contribution in [1.82, 2.24) is 0 Å². The molecule has 4 nitrogen and oxygen atoms in total. The molecule has 1 saturated heterocycles. The van der Waals surface area contributed by atoms with Crippen LogP contribution in [0.2, 0.25) is 0 Å². The number of carbonyl (C=O) groups is 1. The molecule has 0 amide bonds. The van der Waals surface area contributed by atoms with Crippen molar-refractivity contribution in [3.05, 3.63) is 0 Å². The first-order valence-corrected chi connectivity index (χ1v) is 7.15. The molecule has 1 N–H and O–H groups in total. The van der Waals surface area contributed by atoms with Crippen molar-refractivity contribution in [1.29, 1.82) is 0 Å². The van der Waals surface area contributed by atoms with Gasteiger partial charge in [0.25, 0.3) is 0 Å². The Kier molecular flexibility index (Phi) is 4.28. The van der Waals surface area contributed by atoms with Crippen molar-refractivity contribution >= 4 is 5.97 Å². The molecule has 0 aromatic rings. The molecular formula is C14H24O4. The van der Waals surface area contributed by atoms with Gasteiger partial charge in [0.15, 0.2) is 5.79 Å². The average Bonchev–Trinajstić information content (AvgIpc) is 2.68. The van der Waals surface area contributed by atoms with Crippen molar-refractivity contribution in [2.24, 2.45) is 11.8 Å². The predicted molar refractivity (Wildman–Crippen MR) is 66.8 cm³/mol. The maximum Gasteiger partial charge on any atom is 0.306 e. The molecule has 2 aliphatic rings. The molecule has 0 radical (unpaired) electrons. The number of aliphatic hydroxyl groups is 1. The summed E-state index contributed by atoms with van der Waals surface area (Å²) in [5, 5.41) is 10.8. The second-order valence-corrected chi connectivity index (χ2v) is 5.47. The summed E-state index contributed by atoms with van der Waals surface area (Å²) in [5.41, 5.74) is 0. The van der Waals surface area contributed by atoms with E-state index in [-0.39, 0.29) is 30.3 Å². The highest BCUT2D eigenvalue weighted by Gasteiger charge is 2.53. The van der Waals surface area contributed by atoms with Crippen LogP contribution in [0.4, 0.5) is 0 Å². The lowest BCUT2D eigenvalue weighted by atomic mass is 9.74. The largest absolute Gasteiger partial charge is 0.466 e. The Morgan fingerprint density at radius 1 is 1.44 bits per heavy atom. The van der Waals surface area contributed by atoms with Crippen molar-refractivity contribution in [2.45, 2.75) is 64.3 Å². The molecule has 18 heavy (non-hydrogen) atoms. The van der Waals surface area contributed by atoms with Crippen LogP contribution in [-0.2, 0) is 14.3 Å². The van der Waals surface area contributed by atoms with E-state index in [0.717, 1.165) is 32.1 Å². The lowest BCUT2D eigenvalue weighted by molar-refractivity contribution is -0.258. The third kappa shape index (κ3) is 2.54. The van der Waals surface area contributed by atoms with Crippen molar-refractivity contribution in [3.8, 4) is 0 Å². The van der Waals surface area contributed by atoms with Gasteiger partial charge in [0.05, 0.1) is 19.1 Å². The third-order valence-corrected chi connectivity index (χ3v) is 4.35. The van der Waals surface area contributed by atoms with Gasteiger partial charge < -0.3 is 14.6 Å². The first-order chi connectivity index (χ1) is 8.60. The Hall–Kier alpha value is -0.610. The second kappa shape index (κ2) is 5.57. The maximum absolute atomic E-state index is 11.6. The Bertz CT molecular complexity index is 304. The molecule has 1 aliphatic carbocycles. The number of fused-ring (bicyclic) bond motifs is 1. The number of esters is 1. The zero-order valence-corrected chi connectivity index (χ0v) is 11.4. The molecule has 0 spiro atoms. The zero-order valence-electron chi connectivity index (χ0n) is 11.4. The lowest BCUT2D eigenvalue weighted by Crippen LogP contribution is -2.47. The van der Waals surface area contributed by atoms with Crippen LogP contribution in [0.5, 0.6) is 0 Å². The molecule has 0 aromatic heterocycles. The summed E-state index contributed by atoms with van der Waals surface area (Å²) in [6, 6.07) is 0. The van der Waals surface area contributed by atoms with E-state index in [0.29, 0.717) is 6.61 Å². The molecule has 2 rings (SSSR count). The summed E-state index contributed by atoms with van der Waals surface area (Å²) in [7, 11) is 0. The summed E-state index contributed by atoms with van der Waals surface area (Å²) in [5.74, 6) is -1.23. The van der Waals surface area contributed by atoms with Gasteiger partial charge in [-0.05, 0) is 32.6 Å². The van der Waals surface area contributed by atoms with Gasteiger partial charge in [-0.3, -0.25) is 4.79 Å². The molecule has 104 valence electrons. The monoisotopic (exact) mass is 256 g/mol. The Balaban J connectivity index is 2.03. The summed E-state index contributed by atoms with van der Waals surface area (Å²) < 4.78 is 10.8. The fraction of sp³-hybridized carbons (Fsp3) is 0.929. The molecule has 2 fully saturated rings. The topological polar surface area (TPSA) is 55.8 Å². The van der Waals surface area contributed by atoms with Gasteiger partial charge in [-0.1, -0.05) is 13.3 Å². The summed E-state index contributed by atoms with van der Waals surface area (Å²) in [4.78, 5) is 11.6. The van der Waals surface area contributed by atoms with Crippen LogP contribution in [-0.4, -0.2) is 29.6 Å². The van der Waals surface area contributed by atoms with Crippen LogP contribution in [0.25, 0.3) is 0 Å². The molecule has 4 heteroatoms. The number of ether oxygens (including phenoxy) is 2. The molecule has 1 saturated carbocycles. The van der Waals surface area contributed by atoms with Gasteiger partial charge in [-0.15, -0.1) is 0 Å². The Labute approximate surface area is 109 Å². The summed E-state index contributed by atoms with van der Waals surface area (Å²) >= 11 is 0. The van der Waals surface area contributed by atoms with Crippen LogP contribution < -0.4 is 0 Å². The van der Waals surface area contributed by atoms with Crippen LogP contribution >= 0.6 is 0 Å². The minimum atomic E-state index is -1.09. The molecule has 1 heterocycles. The highest BCUT2D eigenvalue weighted by Crippen LogP contribution is 2.49. The molecule has 0 aromatic carbocycles. The number of carbonyl (C=O) groups excluding carboxylic acids is 1. The van der Waals surface area contributed by atoms with E-state index in [1.807, 2.05) is 0 Å². The smallest absolute Gasteiger partial charge is 0.306 e. The highest BCUT2D eigenvalue weighted by atomic mass is 16.6. The average molecular weight is 256 g/mol. The summed E-state index contributed by atoms with van der Waals surface area (Å²) in [6.07, 6.45) is 5.18. The fourth-order valence-corrected chi connectivity index (χ4v) is 3.39. The van der Waals surface area contributed by atoms with Crippen LogP contribution in [0.1, 0.15) is 52.4 Å². The van der Waals surface area contributed by atoms with Gasteiger partial charge in [0.2, 0.25) is 0 Å². The van der Waals surface area contributed by atoms with Crippen molar-refractivity contribution < 1.29 is 19.4 Å². The fourth-order valence-electron chi connectivity index (χ4n) is 3.39. The van der Waals surface area contributed by atoms with Crippen LogP contribution in [0.15, 0.2) is 0 Å². The second-order valence-electron chi connectivity index (χ2n) is 5.47. The van der Waals surface area contributed by atoms with E-state index in [1.54, 1.807) is 6.92 Å². The van der Waals surface area contributed by atoms with E-state index < -0.39 is 5.79 Å². The third-order valence-electron chi connectivity index (χ3n) is 4.35. The Morgan fingerprint density at radius 2 is 2.22 bits per heavy atom. The number of rotatable bonds is 4. The zero-order chi connectivity index (χ0) is 13.2. The van der Waals surface area contributed by atoms with E-state index in [1.165, 1.54) is 0 Å². The van der Waals surface area contributed by atoms with Gasteiger partial charge in [0.1, 0.15) is 0 Å². The minimum Gasteiger partial charge on any atom is -0.466 e. The lowest BCUT2D eigenvalue weighted by Gasteiger charge is -2.40. The molecule has 0 bridgehead atoms. The van der Waals surface area contributed by atoms with Gasteiger partial charge >= 0.3 is 5.97 Å². The van der Waals surface area contributed by atoms with E-state index in [4.69, 9.17) is 9.47 Å². The molecular weight excluding hydrogens is 232 g/mol. The maximum atomic E-state index is 11.6. The predicted octanol–water partition coefficient (Wildman–Crippen LogP) is 2.24. The summed E-state index contributed by atoms with van der Waals surface area (Å²) in [6.45, 7) is 4.27. The van der Waals surface area contributed by atoms with E-state index in [2.05, 4.69) is 6.92 Å². The van der Waals surface area contributed by atoms with Gasteiger partial charge in [0, 0.05) is 11.8 Å². The first kappa shape index (κ1) is 13.8. The van der Waals surface area contributed by atoms with Crippen molar-refractivity contribution in [3.63, 3.8) is 0 Å². The SMILES string of the molecule is CCOC(=O)CC1CCCC2CC(CC)OC12O. The molecule has 1 aliphatic heterocycles. The van der Waals surface area contributed by atoms with Crippen LogP contribution in [0, 0.1) is 11.8 Å².